The smallest absolute Gasteiger partial charge is 0.243 e. The average Bonchev–Trinajstić information content (AvgIpc) is 3.43. The molecule has 0 spiro atoms. The van der Waals surface area contributed by atoms with Gasteiger partial charge in [-0.15, -0.1) is 11.3 Å². The molecule has 0 amide bonds. The van der Waals surface area contributed by atoms with Crippen LogP contribution in [0.1, 0.15) is 12.8 Å². The lowest BCUT2D eigenvalue weighted by molar-refractivity contribution is 0.444. The molecule has 3 atom stereocenters. The molecule has 1 aromatic carbocycles. The van der Waals surface area contributed by atoms with Crippen LogP contribution in [0.25, 0.3) is 10.2 Å². The number of sulfone groups is 1. The van der Waals surface area contributed by atoms with Gasteiger partial charge in [0.15, 0.2) is 0 Å². The number of sulfonamides is 1. The zero-order valence-electron chi connectivity index (χ0n) is 15.7. The molecule has 0 radical (unpaired) electrons. The molecule has 8 nitrogen and oxygen atoms in total. The predicted molar refractivity (Wildman–Crippen MR) is 109 cm³/mol. The van der Waals surface area contributed by atoms with Crippen molar-refractivity contribution in [1.82, 2.24) is 18.8 Å². The van der Waals surface area contributed by atoms with Crippen molar-refractivity contribution < 1.29 is 16.8 Å². The van der Waals surface area contributed by atoms with E-state index in [1.807, 2.05) is 0 Å². The predicted octanol–water partition coefficient (Wildman–Crippen LogP) is 1.90. The SMILES string of the molecule is Cn1ccnc1S(=O)(=O)[C@H]1C[C@@H]2CN(S(=O)(=O)c3ccc4ncsc4c3)C[C@@H]2C1. The van der Waals surface area contributed by atoms with Crippen molar-refractivity contribution >= 4 is 41.4 Å². The zero-order chi connectivity index (χ0) is 20.4. The Kier molecular flexibility index (Phi) is 4.36. The molecule has 29 heavy (non-hydrogen) atoms. The van der Waals surface area contributed by atoms with Crippen LogP contribution in [-0.2, 0) is 26.9 Å². The van der Waals surface area contributed by atoms with Crippen molar-refractivity contribution in [2.75, 3.05) is 13.1 Å². The fraction of sp³-hybridized carbons (Fsp3) is 0.444. The molecule has 1 aliphatic heterocycles. The molecule has 1 aliphatic carbocycles. The van der Waals surface area contributed by atoms with Crippen molar-refractivity contribution in [2.45, 2.75) is 28.1 Å². The molecule has 1 saturated heterocycles. The number of aromatic nitrogens is 3. The minimum absolute atomic E-state index is 0.0527. The van der Waals surface area contributed by atoms with Crippen molar-refractivity contribution in [3.05, 3.63) is 36.1 Å². The van der Waals surface area contributed by atoms with Gasteiger partial charge in [0.05, 0.1) is 25.9 Å². The highest BCUT2D eigenvalue weighted by atomic mass is 32.2. The Hall–Kier alpha value is -1.82. The fourth-order valence-electron chi connectivity index (χ4n) is 4.57. The van der Waals surface area contributed by atoms with Gasteiger partial charge in [-0.1, -0.05) is 0 Å². The molecule has 2 fully saturated rings. The molecule has 2 aliphatic rings. The molecule has 1 saturated carbocycles. The lowest BCUT2D eigenvalue weighted by atomic mass is 10.0. The minimum atomic E-state index is -3.61. The van der Waals surface area contributed by atoms with E-state index in [1.165, 1.54) is 26.4 Å². The topological polar surface area (TPSA) is 102 Å². The highest BCUT2D eigenvalue weighted by Gasteiger charge is 2.49. The van der Waals surface area contributed by atoms with Crippen molar-refractivity contribution in [2.24, 2.45) is 18.9 Å². The molecular weight excluding hydrogens is 432 g/mol. The summed E-state index contributed by atoms with van der Waals surface area (Å²) in [7, 11) is -5.45. The summed E-state index contributed by atoms with van der Waals surface area (Å²) in [6, 6.07) is 5.00. The van der Waals surface area contributed by atoms with Crippen LogP contribution in [0.5, 0.6) is 0 Å². The van der Waals surface area contributed by atoms with Crippen LogP contribution in [-0.4, -0.2) is 54.0 Å². The van der Waals surface area contributed by atoms with E-state index in [-0.39, 0.29) is 21.9 Å². The summed E-state index contributed by atoms with van der Waals surface area (Å²) in [5, 5.41) is -0.415. The van der Waals surface area contributed by atoms with Gasteiger partial charge >= 0.3 is 0 Å². The van der Waals surface area contributed by atoms with E-state index in [9.17, 15) is 16.8 Å². The molecule has 5 rings (SSSR count). The van der Waals surface area contributed by atoms with Crippen LogP contribution < -0.4 is 0 Å². The van der Waals surface area contributed by atoms with Gasteiger partial charge in [-0.25, -0.2) is 26.8 Å². The second-order valence-corrected chi connectivity index (χ2v) is 12.7. The monoisotopic (exact) mass is 452 g/mol. The second kappa shape index (κ2) is 6.59. The quantitative estimate of drug-likeness (QED) is 0.599. The molecule has 0 N–H and O–H groups in total. The molecule has 154 valence electrons. The lowest BCUT2D eigenvalue weighted by Gasteiger charge is -2.19. The van der Waals surface area contributed by atoms with Crippen LogP contribution >= 0.6 is 11.3 Å². The summed E-state index contributed by atoms with van der Waals surface area (Å²) >= 11 is 1.41. The molecule has 0 bridgehead atoms. The van der Waals surface area contributed by atoms with Crippen molar-refractivity contribution in [3.63, 3.8) is 0 Å². The molecular formula is C18H20N4O4S3. The van der Waals surface area contributed by atoms with E-state index >= 15 is 0 Å². The normalized spacial score (nSPS) is 25.6. The third-order valence-corrected chi connectivity index (χ3v) is 10.9. The Balaban J connectivity index is 1.35. The van der Waals surface area contributed by atoms with Crippen molar-refractivity contribution in [3.8, 4) is 0 Å². The zero-order valence-corrected chi connectivity index (χ0v) is 18.1. The number of nitrogens with zero attached hydrogens (tertiary/aromatic N) is 4. The first-order valence-corrected chi connectivity index (χ1v) is 13.2. The van der Waals surface area contributed by atoms with Crippen LogP contribution in [0, 0.1) is 11.8 Å². The standard InChI is InChI=1S/C18H20N4O4S3/c1-21-5-4-19-18(21)28(23,24)15-6-12-9-22(10-13(12)7-15)29(25,26)14-2-3-16-17(8-14)27-11-20-16/h2-5,8,11-13,15H,6-7,9-10H2,1H3/t12-,13+,15+. The van der Waals surface area contributed by atoms with Gasteiger partial charge in [-0.05, 0) is 42.9 Å². The van der Waals surface area contributed by atoms with E-state index < -0.39 is 25.1 Å². The maximum absolute atomic E-state index is 13.1. The van der Waals surface area contributed by atoms with Crippen LogP contribution in [0.4, 0.5) is 0 Å². The molecule has 3 aromatic rings. The number of hydrogen-bond acceptors (Lipinski definition) is 7. The number of thiazole rings is 1. The number of aryl methyl sites for hydroxylation is 1. The third-order valence-electron chi connectivity index (χ3n) is 6.09. The van der Waals surface area contributed by atoms with Gasteiger partial charge in [0, 0.05) is 32.5 Å². The first-order chi connectivity index (χ1) is 13.8. The third kappa shape index (κ3) is 3.02. The second-order valence-electron chi connectivity index (χ2n) is 7.78. The fourth-order valence-corrected chi connectivity index (χ4v) is 8.91. The Morgan fingerprint density at radius 2 is 1.79 bits per heavy atom. The van der Waals surface area contributed by atoms with E-state index in [2.05, 4.69) is 9.97 Å². The van der Waals surface area contributed by atoms with Gasteiger partial charge in [0.1, 0.15) is 0 Å². The minimum Gasteiger partial charge on any atom is -0.325 e. The Labute approximate surface area is 173 Å². The van der Waals surface area contributed by atoms with Gasteiger partial charge in [-0.3, -0.25) is 0 Å². The number of fused-ring (bicyclic) bond motifs is 2. The van der Waals surface area contributed by atoms with Crippen LogP contribution in [0.2, 0.25) is 0 Å². The summed E-state index contributed by atoms with van der Waals surface area (Å²) in [4.78, 5) is 8.47. The molecule has 3 heterocycles. The van der Waals surface area contributed by atoms with E-state index in [0.29, 0.717) is 25.9 Å². The largest absolute Gasteiger partial charge is 0.325 e. The van der Waals surface area contributed by atoms with E-state index in [4.69, 9.17) is 0 Å². The Bertz CT molecular complexity index is 1280. The maximum Gasteiger partial charge on any atom is 0.243 e. The Morgan fingerprint density at radius 3 is 2.45 bits per heavy atom. The molecule has 0 unspecified atom stereocenters. The van der Waals surface area contributed by atoms with Crippen molar-refractivity contribution in [1.29, 1.82) is 0 Å². The first kappa shape index (κ1) is 19.2. The maximum atomic E-state index is 13.1. The highest BCUT2D eigenvalue weighted by Crippen LogP contribution is 2.43. The summed E-state index contributed by atoms with van der Waals surface area (Å²) in [5.41, 5.74) is 2.48. The van der Waals surface area contributed by atoms with Crippen LogP contribution in [0.15, 0.2) is 46.2 Å². The highest BCUT2D eigenvalue weighted by molar-refractivity contribution is 7.91. The molecule has 2 aromatic heterocycles. The number of rotatable bonds is 4. The number of hydrogen-bond donors (Lipinski definition) is 0. The summed E-state index contributed by atoms with van der Waals surface area (Å²) in [6.45, 7) is 0.723. The number of benzene rings is 1. The van der Waals surface area contributed by atoms with E-state index in [0.717, 1.165) is 10.2 Å². The van der Waals surface area contributed by atoms with Gasteiger partial charge < -0.3 is 4.57 Å². The first-order valence-electron chi connectivity index (χ1n) is 9.31. The summed E-state index contributed by atoms with van der Waals surface area (Å²) in [5.74, 6) is 0.105. The van der Waals surface area contributed by atoms with Crippen LogP contribution in [0.3, 0.4) is 0 Å². The van der Waals surface area contributed by atoms with Gasteiger partial charge in [0.25, 0.3) is 0 Å². The summed E-state index contributed by atoms with van der Waals surface area (Å²) < 4.78 is 56.0. The lowest BCUT2D eigenvalue weighted by Crippen LogP contribution is -2.31. The van der Waals surface area contributed by atoms with Gasteiger partial charge in [0.2, 0.25) is 25.0 Å². The van der Waals surface area contributed by atoms with E-state index in [1.54, 1.807) is 37.0 Å². The Morgan fingerprint density at radius 1 is 1.07 bits per heavy atom. The summed E-state index contributed by atoms with van der Waals surface area (Å²) in [6.07, 6.45) is 4.05. The van der Waals surface area contributed by atoms with Gasteiger partial charge in [-0.2, -0.15) is 4.31 Å². The average molecular weight is 453 g/mol. The molecule has 11 heteroatoms. The number of imidazole rings is 1.